The molecule has 30 heteroatoms. The number of nitrogens with zero attached hydrogens (tertiary/aromatic N) is 4. The number of hydrogen-bond donors (Lipinski definition) is 4. The molecule has 0 aliphatic heterocycles. The second-order valence-electron chi connectivity index (χ2n) is 14.2. The SMILES string of the molecule is C/C([O-])=C(\N=Nc1cc(S(=O)(=O)Nc2ccccc2C(=O)[O-])ccc1[O-])C(=O)Nc1ccccc1Cl.C/C([O-])=C(\N=Nc1cc(S(=O)(=O)Nc2ccccc2C(=O)[O-])ccc1[O-])C(=O)Nc1ccccc1Cl.[Co+3].[Na+].[Na+].[Na+]. The van der Waals surface area contributed by atoms with E-state index in [1.165, 1.54) is 60.7 Å². The number of hydrogen-bond acceptors (Lipinski definition) is 18. The fourth-order valence-corrected chi connectivity index (χ4v) is 8.20. The summed E-state index contributed by atoms with van der Waals surface area (Å²) in [5.41, 5.74) is -3.20. The van der Waals surface area contributed by atoms with Crippen molar-refractivity contribution in [1.29, 1.82) is 0 Å². The molecule has 6 aromatic rings. The number of aromatic carboxylic acids is 2. The summed E-state index contributed by atoms with van der Waals surface area (Å²) in [5.74, 6) is -8.14. The Balaban J connectivity index is 0.000000722. The Kier molecular flexibility index (Phi) is 28.2. The third-order valence-electron chi connectivity index (χ3n) is 9.12. The van der Waals surface area contributed by atoms with Gasteiger partial charge in [-0.05, 0) is 60.7 Å². The van der Waals surface area contributed by atoms with Crippen LogP contribution in [-0.4, -0.2) is 40.6 Å². The van der Waals surface area contributed by atoms with Crippen molar-refractivity contribution in [3.63, 3.8) is 0 Å². The zero-order valence-corrected chi connectivity index (χ0v) is 50.3. The van der Waals surface area contributed by atoms with Crippen molar-refractivity contribution < 1.29 is 172 Å². The number of sulfonamides is 2. The first-order valence-electron chi connectivity index (χ1n) is 20.0. The molecule has 4 N–H and O–H groups in total. The van der Waals surface area contributed by atoms with Gasteiger partial charge >= 0.3 is 105 Å². The number of carbonyl (C=O) groups excluding carboxylic acids is 4. The van der Waals surface area contributed by atoms with E-state index in [0.717, 1.165) is 62.4 Å². The van der Waals surface area contributed by atoms with E-state index in [4.69, 9.17) is 23.2 Å². The van der Waals surface area contributed by atoms with E-state index in [1.54, 1.807) is 24.3 Å². The number of para-hydroxylation sites is 4. The molecule has 76 heavy (non-hydrogen) atoms. The number of nitrogens with one attached hydrogen (secondary N) is 4. The minimum absolute atomic E-state index is 0. The Morgan fingerprint density at radius 2 is 0.776 bits per heavy atom. The van der Waals surface area contributed by atoms with Crippen molar-refractivity contribution in [3.05, 3.63) is 178 Å². The van der Waals surface area contributed by atoms with E-state index >= 15 is 0 Å². The predicted molar refractivity (Wildman–Crippen MR) is 250 cm³/mol. The maximum absolute atomic E-state index is 12.8. The monoisotopic (exact) mass is 1180 g/mol. The molecule has 0 saturated heterocycles. The largest absolute Gasteiger partial charge is 3.00 e. The molecule has 6 rings (SSSR count). The maximum atomic E-state index is 12.8. The van der Waals surface area contributed by atoms with Gasteiger partial charge in [0.2, 0.25) is 0 Å². The van der Waals surface area contributed by atoms with Crippen LogP contribution >= 0.6 is 23.2 Å². The summed E-state index contributed by atoms with van der Waals surface area (Å²) in [6.07, 6.45) is 0. The summed E-state index contributed by atoms with van der Waals surface area (Å²) >= 11 is 12.0. The van der Waals surface area contributed by atoms with Gasteiger partial charge in [0.25, 0.3) is 31.9 Å². The van der Waals surface area contributed by atoms with Crippen LogP contribution in [0.25, 0.3) is 0 Å². The van der Waals surface area contributed by atoms with Crippen LogP contribution in [0, 0.1) is 0 Å². The number of anilines is 4. The van der Waals surface area contributed by atoms with Gasteiger partial charge in [0.15, 0.2) is 0 Å². The number of halogens is 2. The molecule has 22 nitrogen and oxygen atoms in total. The fraction of sp³-hybridized carbons (Fsp3) is 0.0435. The second-order valence-corrected chi connectivity index (χ2v) is 18.4. The smallest absolute Gasteiger partial charge is 0.874 e. The number of rotatable bonds is 16. The minimum Gasteiger partial charge on any atom is -0.874 e. The Bertz CT molecular complexity index is 3250. The third kappa shape index (κ3) is 19.0. The molecule has 0 aromatic heterocycles. The molecule has 6 aromatic carbocycles. The number of allylic oxidation sites excluding steroid dienone is 2. The first kappa shape index (κ1) is 68.7. The number of benzene rings is 6. The normalized spacial score (nSPS) is 11.5. The van der Waals surface area contributed by atoms with Crippen LogP contribution in [0.2, 0.25) is 10.0 Å². The first-order valence-corrected chi connectivity index (χ1v) is 23.7. The van der Waals surface area contributed by atoms with E-state index in [1.807, 2.05) is 0 Å². The molecule has 2 amide bonds. The van der Waals surface area contributed by atoms with Crippen molar-refractivity contribution in [3.8, 4) is 11.5 Å². The number of azo groups is 2. The average molecular weight is 1180 g/mol. The van der Waals surface area contributed by atoms with Crippen molar-refractivity contribution in [2.75, 3.05) is 20.1 Å². The zero-order chi connectivity index (χ0) is 52.9. The molecule has 0 aliphatic rings. The van der Waals surface area contributed by atoms with Gasteiger partial charge in [-0.3, -0.25) is 19.0 Å². The topological polar surface area (TPSA) is 372 Å². The van der Waals surface area contributed by atoms with Gasteiger partial charge in [-0.15, -0.1) is 21.7 Å². The Morgan fingerprint density at radius 1 is 0.474 bits per heavy atom. The van der Waals surface area contributed by atoms with Gasteiger partial charge in [-0.2, -0.15) is 10.2 Å². The number of carboxylic acid groups (broad SMARTS) is 2. The molecule has 0 radical (unpaired) electrons. The van der Waals surface area contributed by atoms with Crippen molar-refractivity contribution in [2.45, 2.75) is 23.6 Å². The minimum atomic E-state index is -4.37. The molecule has 0 fully saturated rings. The van der Waals surface area contributed by atoms with Crippen LogP contribution < -0.4 is 139 Å². The molecule has 0 saturated carbocycles. The van der Waals surface area contributed by atoms with Crippen molar-refractivity contribution >= 4 is 101 Å². The summed E-state index contributed by atoms with van der Waals surface area (Å²) in [7, 11) is -8.75. The fourth-order valence-electron chi connectivity index (χ4n) is 5.64. The quantitative estimate of drug-likeness (QED) is 0.0305. The molecular formula is C46H32Cl2CoN8Na3O14S2. The number of carboxylic acids is 2. The van der Waals surface area contributed by atoms with Crippen LogP contribution in [0.4, 0.5) is 34.1 Å². The zero-order valence-electron chi connectivity index (χ0n) is 40.1. The van der Waals surface area contributed by atoms with Crippen molar-refractivity contribution in [2.24, 2.45) is 20.5 Å². The molecule has 0 heterocycles. The molecule has 0 bridgehead atoms. The summed E-state index contributed by atoms with van der Waals surface area (Å²) in [6, 6.07) is 28.3. The summed E-state index contributed by atoms with van der Waals surface area (Å²) in [4.78, 5) is 46.6. The van der Waals surface area contributed by atoms with Gasteiger partial charge in [-0.25, -0.2) is 16.8 Å². The van der Waals surface area contributed by atoms with E-state index < -0.39 is 111 Å². The molecular weight excluding hydrogens is 1150 g/mol. The standard InChI is InChI=1S/2C23H19ClN4O7S.Co.3Na/c2*1-13(29)21(22(31)25-18-9-5-3-7-16(18)24)27-26-19-12-14(10-11-20(19)30)36(34,35)28-17-8-4-2-6-15(17)23(32)33;;;;/h2*2-12,28-30H,1H3,(H,25,31)(H,32,33);;;;/q;;+3;3*+1/p-6/b2*21-13+,27-26?;;;;. The van der Waals surface area contributed by atoms with Gasteiger partial charge in [0.1, 0.15) is 11.4 Å². The van der Waals surface area contributed by atoms with Crippen LogP contribution in [-0.2, 0) is 46.4 Å². The number of carbonyl (C=O) groups is 4. The first-order chi connectivity index (χ1) is 34.0. The Morgan fingerprint density at radius 3 is 1.08 bits per heavy atom. The maximum Gasteiger partial charge on any atom is 3.00 e. The van der Waals surface area contributed by atoms with E-state index in [-0.39, 0.29) is 138 Å². The van der Waals surface area contributed by atoms with E-state index in [0.29, 0.717) is 0 Å². The summed E-state index contributed by atoms with van der Waals surface area (Å²) in [6.45, 7) is 2.11. The van der Waals surface area contributed by atoms with Crippen molar-refractivity contribution in [1.82, 2.24) is 0 Å². The van der Waals surface area contributed by atoms with Crippen LogP contribution in [0.15, 0.2) is 187 Å². The third-order valence-corrected chi connectivity index (χ3v) is 12.5. The van der Waals surface area contributed by atoms with E-state index in [9.17, 15) is 66.7 Å². The van der Waals surface area contributed by atoms with Gasteiger partial charge in [0, 0.05) is 11.1 Å². The molecule has 0 aliphatic carbocycles. The molecule has 0 atom stereocenters. The predicted octanol–water partition coefficient (Wildman–Crippen LogP) is -5.21. The van der Waals surface area contributed by atoms with Crippen LogP contribution in [0.1, 0.15) is 34.6 Å². The second kappa shape index (κ2) is 31.2. The van der Waals surface area contributed by atoms with E-state index in [2.05, 4.69) is 40.5 Å². The van der Waals surface area contributed by atoms with Gasteiger partial charge in [-0.1, -0.05) is 121 Å². The van der Waals surface area contributed by atoms with Gasteiger partial charge in [0.05, 0.1) is 65.9 Å². The van der Waals surface area contributed by atoms with Crippen LogP contribution in [0.3, 0.4) is 0 Å². The Hall–Kier alpha value is -5.33. The Labute approximate surface area is 520 Å². The van der Waals surface area contributed by atoms with Gasteiger partial charge < -0.3 is 50.9 Å². The molecule has 0 spiro atoms. The molecule has 0 unspecified atom stereocenters. The summed E-state index contributed by atoms with van der Waals surface area (Å²) < 4.78 is 55.4. The number of amides is 2. The summed E-state index contributed by atoms with van der Waals surface area (Å²) in [5, 5.41) is 90.4. The van der Waals surface area contributed by atoms with Crippen LogP contribution in [0.5, 0.6) is 11.5 Å². The average Bonchev–Trinajstić information content (AvgIpc) is 3.31. The molecule has 378 valence electrons.